The van der Waals surface area contributed by atoms with Gasteiger partial charge in [0.05, 0.1) is 17.9 Å². The van der Waals surface area contributed by atoms with E-state index in [9.17, 15) is 22.8 Å². The number of benzene rings is 2. The third-order valence-corrected chi connectivity index (χ3v) is 6.57. The summed E-state index contributed by atoms with van der Waals surface area (Å²) in [5, 5.41) is 2.40. The summed E-state index contributed by atoms with van der Waals surface area (Å²) in [5.41, 5.74) is -0.144. The molecular formula is C26H30F3N3O3S. The van der Waals surface area contributed by atoms with Gasteiger partial charge in [-0.3, -0.25) is 14.6 Å². The second-order valence-corrected chi connectivity index (χ2v) is 9.46. The Morgan fingerprint density at radius 3 is 2.53 bits per heavy atom. The van der Waals surface area contributed by atoms with Gasteiger partial charge in [-0.25, -0.2) is 4.90 Å². The van der Waals surface area contributed by atoms with Crippen LogP contribution in [0.1, 0.15) is 51.5 Å². The van der Waals surface area contributed by atoms with Crippen LogP contribution in [-0.4, -0.2) is 35.4 Å². The highest BCUT2D eigenvalue weighted by Crippen LogP contribution is 2.33. The average Bonchev–Trinajstić information content (AvgIpc) is 3.11. The van der Waals surface area contributed by atoms with E-state index in [-0.39, 0.29) is 23.2 Å². The minimum atomic E-state index is -4.48. The van der Waals surface area contributed by atoms with Crippen LogP contribution in [-0.2, 0) is 15.8 Å². The number of thioether (sulfide) groups is 1. The van der Waals surface area contributed by atoms with Crippen LogP contribution in [0.2, 0.25) is 0 Å². The number of carbonyl (C=O) groups excluding carboxylic acids is 2. The zero-order valence-corrected chi connectivity index (χ0v) is 21.1. The van der Waals surface area contributed by atoms with E-state index < -0.39 is 22.9 Å². The lowest BCUT2D eigenvalue weighted by Gasteiger charge is -2.17. The number of ether oxygens (including phenoxy) is 1. The molecule has 10 heteroatoms. The summed E-state index contributed by atoms with van der Waals surface area (Å²) in [6.07, 6.45) is -0.118. The van der Waals surface area contributed by atoms with Crippen LogP contribution in [0.3, 0.4) is 0 Å². The molecule has 0 saturated carbocycles. The van der Waals surface area contributed by atoms with Gasteiger partial charge in [0.15, 0.2) is 5.17 Å². The van der Waals surface area contributed by atoms with Crippen molar-refractivity contribution in [2.45, 2.75) is 57.4 Å². The second kappa shape index (κ2) is 12.8. The van der Waals surface area contributed by atoms with Crippen molar-refractivity contribution >= 4 is 40.1 Å². The lowest BCUT2D eigenvalue weighted by Crippen LogP contribution is -2.31. The minimum Gasteiger partial charge on any atom is -0.494 e. The number of hydrogen-bond acceptors (Lipinski definition) is 5. The molecule has 2 aromatic rings. The molecule has 1 fully saturated rings. The van der Waals surface area contributed by atoms with Gasteiger partial charge >= 0.3 is 6.18 Å². The third-order valence-electron chi connectivity index (χ3n) is 5.46. The normalized spacial score (nSPS) is 16.5. The largest absolute Gasteiger partial charge is 0.494 e. The van der Waals surface area contributed by atoms with Gasteiger partial charge in [0, 0.05) is 18.7 Å². The zero-order chi connectivity index (χ0) is 26.1. The Balaban J connectivity index is 1.64. The van der Waals surface area contributed by atoms with E-state index in [2.05, 4.69) is 17.2 Å². The number of nitrogens with one attached hydrogen (secondary N) is 1. The smallest absolute Gasteiger partial charge is 0.416 e. The fraction of sp³-hybridized carbons (Fsp3) is 0.423. The first-order valence-corrected chi connectivity index (χ1v) is 12.9. The molecule has 1 aliphatic heterocycles. The van der Waals surface area contributed by atoms with E-state index in [4.69, 9.17) is 4.74 Å². The minimum absolute atomic E-state index is 0.0355. The number of hydrogen-bond donors (Lipinski definition) is 1. The molecule has 2 aromatic carbocycles. The number of alkyl halides is 3. The molecule has 0 spiro atoms. The molecule has 0 aromatic heterocycles. The first-order chi connectivity index (χ1) is 17.2. The fourth-order valence-electron chi connectivity index (χ4n) is 3.66. The monoisotopic (exact) mass is 521 g/mol. The Bertz CT molecular complexity index is 1070. The van der Waals surface area contributed by atoms with E-state index in [0.717, 1.165) is 48.1 Å². The molecular weight excluding hydrogens is 491 g/mol. The van der Waals surface area contributed by atoms with E-state index >= 15 is 0 Å². The molecule has 0 radical (unpaired) electrons. The van der Waals surface area contributed by atoms with Crippen LogP contribution >= 0.6 is 11.8 Å². The van der Waals surface area contributed by atoms with E-state index in [1.165, 1.54) is 18.6 Å². The molecule has 1 N–H and O–H groups in total. The van der Waals surface area contributed by atoms with Crippen molar-refractivity contribution in [1.29, 1.82) is 0 Å². The van der Waals surface area contributed by atoms with Crippen molar-refractivity contribution in [3.8, 4) is 5.75 Å². The Kier molecular flexibility index (Phi) is 9.81. The van der Waals surface area contributed by atoms with Crippen LogP contribution < -0.4 is 15.0 Å². The Hall–Kier alpha value is -3.01. The summed E-state index contributed by atoms with van der Waals surface area (Å²) in [5.74, 6) is -0.0727. The Morgan fingerprint density at radius 1 is 1.11 bits per heavy atom. The van der Waals surface area contributed by atoms with Gasteiger partial charge in [0.1, 0.15) is 11.0 Å². The Labute approximate surface area is 213 Å². The van der Waals surface area contributed by atoms with Crippen molar-refractivity contribution in [2.75, 3.05) is 23.4 Å². The molecule has 6 nitrogen and oxygen atoms in total. The van der Waals surface area contributed by atoms with Crippen molar-refractivity contribution in [1.82, 2.24) is 0 Å². The summed E-state index contributed by atoms with van der Waals surface area (Å²) in [7, 11) is 0. The Morgan fingerprint density at radius 2 is 1.86 bits per heavy atom. The van der Waals surface area contributed by atoms with Crippen LogP contribution in [0, 0.1) is 0 Å². The van der Waals surface area contributed by atoms with Crippen LogP contribution in [0.15, 0.2) is 53.5 Å². The molecule has 0 aliphatic carbocycles. The quantitative estimate of drug-likeness (QED) is 0.167. The maximum absolute atomic E-state index is 13.1. The number of amides is 2. The summed E-state index contributed by atoms with van der Waals surface area (Å²) < 4.78 is 44.9. The number of unbranched alkanes of at least 4 members (excludes halogenated alkanes) is 3. The SMILES string of the molecule is CCCCCCOc1ccc(N2C(=O)C[C@H](SC(=NCC)Nc3cccc(C(F)(F)F)c3)C2=O)cc1. The molecule has 3 rings (SSSR count). The van der Waals surface area contributed by atoms with Gasteiger partial charge < -0.3 is 10.1 Å². The van der Waals surface area contributed by atoms with Crippen molar-refractivity contribution in [2.24, 2.45) is 4.99 Å². The van der Waals surface area contributed by atoms with Gasteiger partial charge in [-0.15, -0.1) is 0 Å². The van der Waals surface area contributed by atoms with Crippen LogP contribution in [0.4, 0.5) is 24.5 Å². The van der Waals surface area contributed by atoms with Crippen LogP contribution in [0.5, 0.6) is 5.75 Å². The predicted molar refractivity (Wildman–Crippen MR) is 138 cm³/mol. The number of carbonyl (C=O) groups is 2. The fourth-order valence-corrected chi connectivity index (χ4v) is 4.74. The maximum atomic E-state index is 13.1. The number of nitrogens with zero attached hydrogens (tertiary/aromatic N) is 2. The van der Waals surface area contributed by atoms with Gasteiger partial charge in [-0.1, -0.05) is 44.0 Å². The molecule has 1 aliphatic rings. The van der Waals surface area contributed by atoms with Crippen LogP contribution in [0.25, 0.3) is 0 Å². The topological polar surface area (TPSA) is 71.0 Å². The third kappa shape index (κ3) is 7.49. The lowest BCUT2D eigenvalue weighted by molar-refractivity contribution is -0.137. The number of aliphatic imine (C=N–C) groups is 1. The number of halogens is 3. The molecule has 36 heavy (non-hydrogen) atoms. The second-order valence-electron chi connectivity index (χ2n) is 8.26. The van der Waals surface area contributed by atoms with E-state index in [0.29, 0.717) is 24.6 Å². The highest BCUT2D eigenvalue weighted by molar-refractivity contribution is 8.15. The number of amidine groups is 1. The number of rotatable bonds is 10. The van der Waals surface area contributed by atoms with E-state index in [1.807, 2.05) is 0 Å². The van der Waals surface area contributed by atoms with Crippen molar-refractivity contribution in [3.05, 3.63) is 54.1 Å². The van der Waals surface area contributed by atoms with Gasteiger partial charge in [0.25, 0.3) is 0 Å². The molecule has 0 bridgehead atoms. The molecule has 1 atom stereocenters. The van der Waals surface area contributed by atoms with Gasteiger partial charge in [-0.2, -0.15) is 13.2 Å². The molecule has 0 unspecified atom stereocenters. The van der Waals surface area contributed by atoms with Gasteiger partial charge in [0.2, 0.25) is 11.8 Å². The number of imide groups is 1. The predicted octanol–water partition coefficient (Wildman–Crippen LogP) is 6.52. The van der Waals surface area contributed by atoms with Crippen molar-refractivity contribution < 1.29 is 27.5 Å². The highest BCUT2D eigenvalue weighted by Gasteiger charge is 2.41. The molecule has 194 valence electrons. The summed E-state index contributed by atoms with van der Waals surface area (Å²) in [4.78, 5) is 31.2. The first kappa shape index (κ1) is 27.6. The zero-order valence-electron chi connectivity index (χ0n) is 20.3. The standard InChI is InChI=1S/C26H30F3N3O3S/c1-3-5-6-7-15-35-21-13-11-20(12-14-21)32-23(33)17-22(24(32)34)36-25(30-4-2)31-19-10-8-9-18(16-19)26(27,28)29/h8-14,16,22H,3-7,15,17H2,1-2H3,(H,30,31)/t22-/m0/s1. The summed E-state index contributed by atoms with van der Waals surface area (Å²) in [6.45, 7) is 4.88. The van der Waals surface area contributed by atoms with Gasteiger partial charge in [-0.05, 0) is 55.8 Å². The highest BCUT2D eigenvalue weighted by atomic mass is 32.2. The average molecular weight is 522 g/mol. The maximum Gasteiger partial charge on any atom is 0.416 e. The summed E-state index contributed by atoms with van der Waals surface area (Å²) >= 11 is 1.04. The van der Waals surface area contributed by atoms with Crippen molar-refractivity contribution in [3.63, 3.8) is 0 Å². The lowest BCUT2D eigenvalue weighted by atomic mass is 10.2. The summed E-state index contributed by atoms with van der Waals surface area (Å²) in [6, 6.07) is 11.6. The number of anilines is 2. The molecule has 1 saturated heterocycles. The molecule has 2 amide bonds. The van der Waals surface area contributed by atoms with E-state index in [1.54, 1.807) is 31.2 Å². The molecule has 1 heterocycles. The first-order valence-electron chi connectivity index (χ1n) is 12.0.